The largest absolute Gasteiger partial charge is 0.325 e. The van der Waals surface area contributed by atoms with Crippen LogP contribution in [-0.4, -0.2) is 36.3 Å². The molecule has 0 radical (unpaired) electrons. The van der Waals surface area contributed by atoms with E-state index in [2.05, 4.69) is 25.1 Å². The van der Waals surface area contributed by atoms with Gasteiger partial charge in [-0.25, -0.2) is 4.98 Å². The second-order valence-electron chi connectivity index (χ2n) is 6.17. The van der Waals surface area contributed by atoms with Crippen molar-refractivity contribution in [3.63, 3.8) is 0 Å². The van der Waals surface area contributed by atoms with E-state index >= 15 is 0 Å². The number of nitro groups is 1. The van der Waals surface area contributed by atoms with Gasteiger partial charge in [0.1, 0.15) is 5.52 Å². The lowest BCUT2D eigenvalue weighted by Crippen LogP contribution is -2.14. The van der Waals surface area contributed by atoms with Crippen LogP contribution in [0.15, 0.2) is 53.7 Å². The van der Waals surface area contributed by atoms with Crippen molar-refractivity contribution >= 4 is 51.1 Å². The third-order valence-electron chi connectivity index (χ3n) is 4.37. The number of amides is 1. The maximum atomic E-state index is 12.2. The Hall–Kier alpha value is -3.53. The van der Waals surface area contributed by atoms with Gasteiger partial charge < -0.3 is 9.88 Å². The summed E-state index contributed by atoms with van der Waals surface area (Å²) in [6, 6.07) is 13.6. The Balaban J connectivity index is 1.48. The lowest BCUT2D eigenvalue weighted by Gasteiger charge is -2.05. The quantitative estimate of drug-likeness (QED) is 0.294. The predicted octanol–water partition coefficient (Wildman–Crippen LogP) is 3.64. The summed E-state index contributed by atoms with van der Waals surface area (Å²) in [6.45, 7) is 2.78. The number of aryl methyl sites for hydroxylation is 1. The van der Waals surface area contributed by atoms with Gasteiger partial charge in [0, 0.05) is 29.8 Å². The molecule has 0 aliphatic rings. The molecule has 0 saturated carbocycles. The van der Waals surface area contributed by atoms with Gasteiger partial charge in [0.15, 0.2) is 5.65 Å². The third-order valence-corrected chi connectivity index (χ3v) is 5.20. The van der Waals surface area contributed by atoms with Gasteiger partial charge in [0.2, 0.25) is 11.1 Å². The first-order valence-corrected chi connectivity index (χ1v) is 9.84. The van der Waals surface area contributed by atoms with E-state index in [-0.39, 0.29) is 17.3 Å². The molecule has 0 aliphatic heterocycles. The molecule has 2 heterocycles. The molecule has 0 bridgehead atoms. The van der Waals surface area contributed by atoms with E-state index in [1.54, 1.807) is 0 Å². The SMILES string of the molecule is CCn1c2ccccc2c2nnc(SCC(=O)Nc3ccc([N+](=O)[O-])cc3)nc21. The highest BCUT2D eigenvalue weighted by molar-refractivity contribution is 7.99. The first-order valence-electron chi connectivity index (χ1n) is 8.85. The molecule has 4 rings (SSSR count). The summed E-state index contributed by atoms with van der Waals surface area (Å²) >= 11 is 1.18. The summed E-state index contributed by atoms with van der Waals surface area (Å²) in [5.41, 5.74) is 2.98. The molecule has 4 aromatic rings. The van der Waals surface area contributed by atoms with Crippen molar-refractivity contribution in [2.45, 2.75) is 18.6 Å². The fourth-order valence-corrected chi connectivity index (χ4v) is 3.65. The lowest BCUT2D eigenvalue weighted by molar-refractivity contribution is -0.384. The number of non-ortho nitro benzene ring substituents is 1. The molecule has 2 aromatic carbocycles. The van der Waals surface area contributed by atoms with E-state index in [1.165, 1.54) is 36.0 Å². The Kier molecular flexibility index (Phi) is 5.09. The van der Waals surface area contributed by atoms with Crippen LogP contribution in [0.25, 0.3) is 22.1 Å². The Bertz CT molecular complexity index is 1220. The summed E-state index contributed by atoms with van der Waals surface area (Å²) < 4.78 is 2.07. The summed E-state index contributed by atoms with van der Waals surface area (Å²) in [5.74, 6) is -0.167. The van der Waals surface area contributed by atoms with Gasteiger partial charge in [-0.05, 0) is 25.1 Å². The van der Waals surface area contributed by atoms with Crippen LogP contribution in [0.5, 0.6) is 0 Å². The fourth-order valence-electron chi connectivity index (χ4n) is 3.06. The van der Waals surface area contributed by atoms with Gasteiger partial charge in [0.05, 0.1) is 16.2 Å². The maximum absolute atomic E-state index is 12.2. The van der Waals surface area contributed by atoms with E-state index < -0.39 is 4.92 Å². The number of nitrogens with one attached hydrogen (secondary N) is 1. The Morgan fingerprint density at radius 3 is 2.66 bits per heavy atom. The van der Waals surface area contributed by atoms with Crippen molar-refractivity contribution in [3.05, 3.63) is 58.6 Å². The number of anilines is 1. The summed E-state index contributed by atoms with van der Waals surface area (Å²) in [4.78, 5) is 27.0. The van der Waals surface area contributed by atoms with E-state index in [4.69, 9.17) is 0 Å². The van der Waals surface area contributed by atoms with Gasteiger partial charge in [-0.1, -0.05) is 30.0 Å². The van der Waals surface area contributed by atoms with Gasteiger partial charge in [-0.15, -0.1) is 10.2 Å². The minimum absolute atomic E-state index is 0.0311. The number of nitrogens with zero attached hydrogens (tertiary/aromatic N) is 5. The number of rotatable bonds is 6. The van der Waals surface area contributed by atoms with Crippen LogP contribution in [0.1, 0.15) is 6.92 Å². The Labute approximate surface area is 169 Å². The topological polar surface area (TPSA) is 116 Å². The molecule has 0 aliphatic carbocycles. The molecular weight excluding hydrogens is 392 g/mol. The van der Waals surface area contributed by atoms with E-state index in [0.717, 1.165) is 28.6 Å². The molecule has 0 atom stereocenters. The molecule has 2 aromatic heterocycles. The highest BCUT2D eigenvalue weighted by atomic mass is 32.2. The average molecular weight is 408 g/mol. The van der Waals surface area contributed by atoms with Gasteiger partial charge >= 0.3 is 0 Å². The molecule has 29 heavy (non-hydrogen) atoms. The Morgan fingerprint density at radius 2 is 1.93 bits per heavy atom. The minimum atomic E-state index is -0.489. The third kappa shape index (κ3) is 3.74. The minimum Gasteiger partial charge on any atom is -0.325 e. The van der Waals surface area contributed by atoms with Crippen LogP contribution in [0.2, 0.25) is 0 Å². The molecule has 10 heteroatoms. The van der Waals surface area contributed by atoms with Crippen LogP contribution < -0.4 is 5.32 Å². The first kappa shape index (κ1) is 18.8. The highest BCUT2D eigenvalue weighted by Crippen LogP contribution is 2.27. The summed E-state index contributed by atoms with van der Waals surface area (Å²) in [7, 11) is 0. The summed E-state index contributed by atoms with van der Waals surface area (Å²) in [5, 5.41) is 23.3. The summed E-state index contributed by atoms with van der Waals surface area (Å²) in [6.07, 6.45) is 0. The zero-order valence-electron chi connectivity index (χ0n) is 15.4. The number of hydrogen-bond donors (Lipinski definition) is 1. The van der Waals surface area contributed by atoms with E-state index in [9.17, 15) is 14.9 Å². The van der Waals surface area contributed by atoms with Crippen LogP contribution >= 0.6 is 11.8 Å². The highest BCUT2D eigenvalue weighted by Gasteiger charge is 2.14. The van der Waals surface area contributed by atoms with E-state index in [0.29, 0.717) is 10.8 Å². The van der Waals surface area contributed by atoms with Crippen molar-refractivity contribution in [3.8, 4) is 0 Å². The van der Waals surface area contributed by atoms with Crippen LogP contribution in [0, 0.1) is 10.1 Å². The molecule has 1 N–H and O–H groups in total. The molecule has 0 fully saturated rings. The smallest absolute Gasteiger partial charge is 0.269 e. The lowest BCUT2D eigenvalue weighted by atomic mass is 10.2. The first-order chi connectivity index (χ1) is 14.1. The van der Waals surface area contributed by atoms with Gasteiger partial charge in [-0.2, -0.15) is 0 Å². The molecule has 0 saturated heterocycles. The maximum Gasteiger partial charge on any atom is 0.269 e. The number of carbonyl (C=O) groups is 1. The standard InChI is InChI=1S/C19H16N6O3S/c1-2-24-15-6-4-3-5-14(15)17-18(24)21-19(23-22-17)29-11-16(26)20-12-7-9-13(10-8-12)25(27)28/h3-10H,2,11H2,1H3,(H,20,26). The van der Waals surface area contributed by atoms with E-state index in [1.807, 2.05) is 31.2 Å². The van der Waals surface area contributed by atoms with Crippen LogP contribution in [-0.2, 0) is 11.3 Å². The number of nitro benzene ring substituents is 1. The number of para-hydroxylation sites is 1. The normalized spacial score (nSPS) is 11.1. The predicted molar refractivity (Wildman–Crippen MR) is 111 cm³/mol. The second kappa shape index (κ2) is 7.84. The monoisotopic (exact) mass is 408 g/mol. The number of aromatic nitrogens is 4. The second-order valence-corrected chi connectivity index (χ2v) is 7.11. The molecule has 9 nitrogen and oxygen atoms in total. The number of fused-ring (bicyclic) bond motifs is 3. The molecular formula is C19H16N6O3S. The molecule has 0 spiro atoms. The fraction of sp³-hybridized carbons (Fsp3) is 0.158. The molecule has 1 amide bonds. The number of hydrogen-bond acceptors (Lipinski definition) is 7. The van der Waals surface area contributed by atoms with Crippen molar-refractivity contribution in [2.24, 2.45) is 0 Å². The van der Waals surface area contributed by atoms with Crippen molar-refractivity contribution in [1.82, 2.24) is 19.7 Å². The Morgan fingerprint density at radius 1 is 1.17 bits per heavy atom. The van der Waals surface area contributed by atoms with Crippen molar-refractivity contribution in [2.75, 3.05) is 11.1 Å². The van der Waals surface area contributed by atoms with Crippen molar-refractivity contribution < 1.29 is 9.72 Å². The van der Waals surface area contributed by atoms with Gasteiger partial charge in [-0.3, -0.25) is 14.9 Å². The number of carbonyl (C=O) groups excluding carboxylic acids is 1. The van der Waals surface area contributed by atoms with Gasteiger partial charge in [0.25, 0.3) is 5.69 Å². The van der Waals surface area contributed by atoms with Crippen LogP contribution in [0.4, 0.5) is 11.4 Å². The van der Waals surface area contributed by atoms with Crippen molar-refractivity contribution in [1.29, 1.82) is 0 Å². The number of thioether (sulfide) groups is 1. The zero-order valence-corrected chi connectivity index (χ0v) is 16.2. The van der Waals surface area contributed by atoms with Crippen LogP contribution in [0.3, 0.4) is 0 Å². The molecule has 0 unspecified atom stereocenters. The number of benzene rings is 2. The molecule has 146 valence electrons. The average Bonchev–Trinajstić information content (AvgIpc) is 3.05. The zero-order chi connectivity index (χ0) is 20.4.